The lowest BCUT2D eigenvalue weighted by molar-refractivity contribution is 0.265. The van der Waals surface area contributed by atoms with E-state index in [9.17, 15) is 0 Å². The number of halogens is 1. The van der Waals surface area contributed by atoms with E-state index in [0.29, 0.717) is 17.4 Å². The number of hydrogen-bond acceptors (Lipinski definition) is 5. The van der Waals surface area contributed by atoms with Crippen molar-refractivity contribution in [2.24, 2.45) is 5.84 Å². The number of rotatable bonds is 6. The molecule has 2 heterocycles. The zero-order valence-corrected chi connectivity index (χ0v) is 12.1. The van der Waals surface area contributed by atoms with Gasteiger partial charge in [0.15, 0.2) is 0 Å². The smallest absolute Gasteiger partial charge is 0.140 e. The van der Waals surface area contributed by atoms with Crippen molar-refractivity contribution in [3.8, 4) is 0 Å². The van der Waals surface area contributed by atoms with E-state index in [2.05, 4.69) is 27.2 Å². The van der Waals surface area contributed by atoms with Crippen LogP contribution in [0.3, 0.4) is 0 Å². The van der Waals surface area contributed by atoms with Crippen molar-refractivity contribution in [1.82, 2.24) is 14.9 Å². The molecule has 0 aromatic carbocycles. The molecule has 0 aliphatic rings. The first kappa shape index (κ1) is 14.7. The summed E-state index contributed by atoms with van der Waals surface area (Å²) in [6.07, 6.45) is 1.80. The molecule has 0 unspecified atom stereocenters. The van der Waals surface area contributed by atoms with E-state index in [1.807, 2.05) is 18.2 Å². The molecule has 0 bridgehead atoms. The van der Waals surface area contributed by atoms with Gasteiger partial charge in [0.05, 0.1) is 16.4 Å². The van der Waals surface area contributed by atoms with E-state index in [0.717, 1.165) is 24.5 Å². The maximum Gasteiger partial charge on any atom is 0.140 e. The van der Waals surface area contributed by atoms with E-state index in [1.165, 1.54) is 0 Å². The van der Waals surface area contributed by atoms with Gasteiger partial charge in [0.25, 0.3) is 0 Å². The van der Waals surface area contributed by atoms with E-state index >= 15 is 0 Å². The Morgan fingerprint density at radius 2 is 2.10 bits per heavy atom. The van der Waals surface area contributed by atoms with Crippen molar-refractivity contribution in [3.63, 3.8) is 0 Å². The summed E-state index contributed by atoms with van der Waals surface area (Å²) < 4.78 is 0. The quantitative estimate of drug-likeness (QED) is 0.632. The van der Waals surface area contributed by atoms with Gasteiger partial charge in [0.1, 0.15) is 5.82 Å². The Morgan fingerprint density at radius 1 is 1.25 bits per heavy atom. The van der Waals surface area contributed by atoms with E-state index in [1.54, 1.807) is 18.3 Å². The highest BCUT2D eigenvalue weighted by molar-refractivity contribution is 6.31. The Hall–Kier alpha value is -1.69. The Labute approximate surface area is 123 Å². The van der Waals surface area contributed by atoms with Crippen LogP contribution in [0.25, 0.3) is 0 Å². The molecular formula is C14H18ClN5. The van der Waals surface area contributed by atoms with Crippen molar-refractivity contribution in [2.75, 3.05) is 12.0 Å². The maximum absolute atomic E-state index is 6.18. The minimum atomic E-state index is 0.610. The third-order valence-corrected chi connectivity index (χ3v) is 3.34. The van der Waals surface area contributed by atoms with Crippen LogP contribution >= 0.6 is 11.6 Å². The highest BCUT2D eigenvalue weighted by atomic mass is 35.5. The van der Waals surface area contributed by atoms with Gasteiger partial charge in [-0.15, -0.1) is 0 Å². The Balaban J connectivity index is 2.10. The second-order valence-electron chi connectivity index (χ2n) is 4.39. The largest absolute Gasteiger partial charge is 0.308 e. The topological polar surface area (TPSA) is 67.1 Å². The van der Waals surface area contributed by atoms with Gasteiger partial charge in [-0.2, -0.15) is 0 Å². The molecule has 0 atom stereocenters. The summed E-state index contributed by atoms with van der Waals surface area (Å²) in [6.45, 7) is 4.40. The molecule has 3 N–H and O–H groups in total. The van der Waals surface area contributed by atoms with Gasteiger partial charge in [-0.25, -0.2) is 10.8 Å². The fraction of sp³-hybridized carbons (Fsp3) is 0.286. The van der Waals surface area contributed by atoms with Gasteiger partial charge in [-0.1, -0.05) is 24.6 Å². The minimum Gasteiger partial charge on any atom is -0.308 e. The van der Waals surface area contributed by atoms with Gasteiger partial charge >= 0.3 is 0 Å². The molecule has 2 rings (SSSR count). The van der Waals surface area contributed by atoms with Crippen molar-refractivity contribution < 1.29 is 0 Å². The number of nitrogens with zero attached hydrogens (tertiary/aromatic N) is 3. The van der Waals surface area contributed by atoms with Gasteiger partial charge in [0, 0.05) is 19.3 Å². The second-order valence-corrected chi connectivity index (χ2v) is 4.80. The first-order valence-corrected chi connectivity index (χ1v) is 6.85. The van der Waals surface area contributed by atoms with E-state index in [4.69, 9.17) is 17.4 Å². The summed E-state index contributed by atoms with van der Waals surface area (Å²) in [7, 11) is 0. The van der Waals surface area contributed by atoms with Crippen LogP contribution in [0.4, 0.5) is 5.82 Å². The van der Waals surface area contributed by atoms with Crippen molar-refractivity contribution >= 4 is 17.4 Å². The van der Waals surface area contributed by atoms with Gasteiger partial charge in [-0.05, 0) is 30.8 Å². The minimum absolute atomic E-state index is 0.610. The summed E-state index contributed by atoms with van der Waals surface area (Å²) in [6, 6.07) is 9.46. The standard InChI is InChI=1S/C14H18ClN5/c1-2-20(9-11-5-3-4-8-17-11)10-13-12(15)6-7-14(18-13)19-16/h3-8H,2,9-10,16H2,1H3,(H,18,19). The summed E-state index contributed by atoms with van der Waals surface area (Å²) >= 11 is 6.18. The molecule has 0 radical (unpaired) electrons. The molecule has 0 spiro atoms. The molecule has 106 valence electrons. The summed E-state index contributed by atoms with van der Waals surface area (Å²) in [5.41, 5.74) is 4.37. The molecule has 20 heavy (non-hydrogen) atoms. The average Bonchev–Trinajstić information content (AvgIpc) is 2.49. The van der Waals surface area contributed by atoms with Crippen LogP contribution in [-0.2, 0) is 13.1 Å². The van der Waals surface area contributed by atoms with Crippen LogP contribution in [0.1, 0.15) is 18.3 Å². The third kappa shape index (κ3) is 3.90. The lowest BCUT2D eigenvalue weighted by atomic mass is 10.3. The Bertz CT molecular complexity index is 547. The van der Waals surface area contributed by atoms with Gasteiger partial charge in [-0.3, -0.25) is 9.88 Å². The lowest BCUT2D eigenvalue weighted by Gasteiger charge is -2.20. The van der Waals surface area contributed by atoms with Crippen molar-refractivity contribution in [3.05, 3.63) is 52.9 Å². The number of hydrogen-bond donors (Lipinski definition) is 2. The normalized spacial score (nSPS) is 10.8. The lowest BCUT2D eigenvalue weighted by Crippen LogP contribution is -2.24. The van der Waals surface area contributed by atoms with Crippen LogP contribution in [0, 0.1) is 0 Å². The van der Waals surface area contributed by atoms with E-state index in [-0.39, 0.29) is 0 Å². The predicted octanol–water partition coefficient (Wildman–Crippen LogP) is 2.44. The first-order chi connectivity index (χ1) is 9.72. The number of hydrazine groups is 1. The molecule has 0 aliphatic carbocycles. The molecular weight excluding hydrogens is 274 g/mol. The molecule has 0 amide bonds. The fourth-order valence-electron chi connectivity index (χ4n) is 1.89. The monoisotopic (exact) mass is 291 g/mol. The average molecular weight is 292 g/mol. The third-order valence-electron chi connectivity index (χ3n) is 3.00. The zero-order chi connectivity index (χ0) is 14.4. The second kappa shape index (κ2) is 7.19. The summed E-state index contributed by atoms with van der Waals surface area (Å²) in [5, 5.41) is 0.642. The number of nitrogen functional groups attached to an aromatic ring is 1. The molecule has 0 saturated carbocycles. The number of pyridine rings is 2. The molecule has 0 saturated heterocycles. The fourth-order valence-corrected chi connectivity index (χ4v) is 2.05. The highest BCUT2D eigenvalue weighted by Gasteiger charge is 2.10. The van der Waals surface area contributed by atoms with Crippen LogP contribution in [0.15, 0.2) is 36.5 Å². The zero-order valence-electron chi connectivity index (χ0n) is 11.4. The SMILES string of the molecule is CCN(Cc1ccccn1)Cc1nc(NN)ccc1Cl. The Kier molecular flexibility index (Phi) is 5.29. The molecule has 0 aliphatic heterocycles. The van der Waals surface area contributed by atoms with Gasteiger partial charge < -0.3 is 5.43 Å². The molecule has 2 aromatic rings. The first-order valence-electron chi connectivity index (χ1n) is 6.47. The van der Waals surface area contributed by atoms with Gasteiger partial charge in [0.2, 0.25) is 0 Å². The molecule has 0 fully saturated rings. The summed E-state index contributed by atoms with van der Waals surface area (Å²) in [5.74, 6) is 5.99. The number of anilines is 1. The number of nitrogens with two attached hydrogens (primary N) is 1. The van der Waals surface area contributed by atoms with Crippen molar-refractivity contribution in [1.29, 1.82) is 0 Å². The van der Waals surface area contributed by atoms with Crippen LogP contribution in [-0.4, -0.2) is 21.4 Å². The number of aromatic nitrogens is 2. The highest BCUT2D eigenvalue weighted by Crippen LogP contribution is 2.18. The summed E-state index contributed by atoms with van der Waals surface area (Å²) in [4.78, 5) is 10.9. The Morgan fingerprint density at radius 3 is 2.75 bits per heavy atom. The van der Waals surface area contributed by atoms with Crippen molar-refractivity contribution in [2.45, 2.75) is 20.0 Å². The number of nitrogens with one attached hydrogen (secondary N) is 1. The van der Waals surface area contributed by atoms with Crippen LogP contribution in [0.2, 0.25) is 5.02 Å². The predicted molar refractivity (Wildman–Crippen MR) is 81.1 cm³/mol. The maximum atomic E-state index is 6.18. The molecule has 2 aromatic heterocycles. The molecule has 5 nitrogen and oxygen atoms in total. The van der Waals surface area contributed by atoms with Crippen LogP contribution < -0.4 is 11.3 Å². The van der Waals surface area contributed by atoms with E-state index < -0.39 is 0 Å². The molecule has 6 heteroatoms. The van der Waals surface area contributed by atoms with Crippen LogP contribution in [0.5, 0.6) is 0 Å².